The van der Waals surface area contributed by atoms with E-state index in [9.17, 15) is 20.1 Å². The molecule has 0 aromatic carbocycles. The Balaban J connectivity index is 0.00000370. The predicted molar refractivity (Wildman–Crippen MR) is 155 cm³/mol. The van der Waals surface area contributed by atoms with Gasteiger partial charge >= 0.3 is 0 Å². The minimum absolute atomic E-state index is 0. The summed E-state index contributed by atoms with van der Waals surface area (Å²) in [5.74, 6) is 2.23. The van der Waals surface area contributed by atoms with E-state index in [-0.39, 0.29) is 64.9 Å². The van der Waals surface area contributed by atoms with Crippen molar-refractivity contribution in [2.75, 3.05) is 32.7 Å². The Morgan fingerprint density at radius 2 is 1.73 bits per heavy atom. The molecule has 232 valence electrons. The van der Waals surface area contributed by atoms with Gasteiger partial charge in [-0.05, 0) is 104 Å². The van der Waals surface area contributed by atoms with Crippen molar-refractivity contribution in [3.8, 4) is 0 Å². The molecule has 1 aliphatic heterocycles. The van der Waals surface area contributed by atoms with E-state index >= 15 is 0 Å². The molecule has 0 aromatic heterocycles. The lowest BCUT2D eigenvalue weighted by Gasteiger charge is -2.63. The molecule has 1 amide bonds. The molecule has 11 atom stereocenters. The van der Waals surface area contributed by atoms with E-state index in [1.54, 1.807) is 0 Å². The Morgan fingerprint density at radius 1 is 1.00 bits per heavy atom. The van der Waals surface area contributed by atoms with Gasteiger partial charge in [-0.2, -0.15) is 0 Å². The zero-order valence-corrected chi connectivity index (χ0v) is 27.9. The number of quaternary nitrogens is 1. The number of aliphatic hydroxyl groups is 3. The summed E-state index contributed by atoms with van der Waals surface area (Å²) in [6.45, 7) is 14.9. The Hall–Kier alpha value is 0.0400. The maximum absolute atomic E-state index is 12.8. The van der Waals surface area contributed by atoms with Crippen molar-refractivity contribution in [2.24, 2.45) is 46.3 Å². The molecule has 6 nitrogen and oxygen atoms in total. The second-order valence-corrected chi connectivity index (χ2v) is 15.3. The zero-order valence-electron chi connectivity index (χ0n) is 25.8. The molecule has 40 heavy (non-hydrogen) atoms. The minimum atomic E-state index is -0.360. The van der Waals surface area contributed by atoms with E-state index in [0.717, 1.165) is 64.5 Å². The van der Waals surface area contributed by atoms with E-state index in [1.165, 1.54) is 43.4 Å². The van der Waals surface area contributed by atoms with Gasteiger partial charge in [0.2, 0.25) is 5.91 Å². The molecule has 4 unspecified atom stereocenters. The number of carbonyl (C=O) groups excluding carboxylic acids is 1. The molecule has 1 heterocycles. The Bertz CT molecular complexity index is 867. The number of nitrogens with zero attached hydrogens (tertiary/aromatic N) is 1. The van der Waals surface area contributed by atoms with Crippen LogP contribution in [-0.4, -0.2) is 76.7 Å². The summed E-state index contributed by atoms with van der Waals surface area (Å²) in [4.78, 5) is 12.8. The van der Waals surface area contributed by atoms with Crippen LogP contribution in [0.25, 0.3) is 0 Å². The molecule has 5 rings (SSSR count). The number of fused-ring (bicyclic) bond motifs is 5. The lowest BCUT2D eigenvalue weighted by Crippen LogP contribution is -3.00. The zero-order chi connectivity index (χ0) is 28.0. The molecule has 0 aromatic rings. The first-order valence-corrected chi connectivity index (χ1v) is 16.7. The van der Waals surface area contributed by atoms with E-state index in [4.69, 9.17) is 0 Å². The Labute approximate surface area is 261 Å². The number of halogens is 1. The van der Waals surface area contributed by atoms with Crippen molar-refractivity contribution in [3.63, 3.8) is 0 Å². The standard InChI is InChI=1S/C33H58N2O4.HI/c1-5-15-35(16-6-7-17-35)18-14-34-30(39)11-8-22(2)25-9-10-26-31-27(21-29(38)33(25,26)4)32(3)13-12-24(36)19-23(32)20-28(31)37;/h22-29,31,36-38H,5-21H2,1-4H3;1H/t22-,23?,24-,25-,26?,27?,28-,29+,31?,32+,33-;/m1./s1. The fourth-order valence-corrected chi connectivity index (χ4v) is 11.3. The summed E-state index contributed by atoms with van der Waals surface area (Å²) in [6, 6.07) is 0. The fraction of sp³-hybridized carbons (Fsp3) is 0.970. The summed E-state index contributed by atoms with van der Waals surface area (Å²) in [5.41, 5.74) is -0.0813. The third kappa shape index (κ3) is 5.90. The highest BCUT2D eigenvalue weighted by molar-refractivity contribution is 5.75. The maximum atomic E-state index is 12.8. The summed E-state index contributed by atoms with van der Waals surface area (Å²) in [6.07, 6.45) is 10.8. The molecule has 4 aliphatic carbocycles. The number of hydrogen-bond donors (Lipinski definition) is 4. The van der Waals surface area contributed by atoms with Crippen LogP contribution in [0.1, 0.15) is 105 Å². The van der Waals surface area contributed by atoms with Crippen molar-refractivity contribution in [3.05, 3.63) is 0 Å². The van der Waals surface area contributed by atoms with Crippen LogP contribution in [0, 0.1) is 46.3 Å². The van der Waals surface area contributed by atoms with Gasteiger partial charge in [-0.25, -0.2) is 0 Å². The third-order valence-electron chi connectivity index (χ3n) is 13.5. The first kappa shape index (κ1) is 32.9. The molecule has 0 spiro atoms. The van der Waals surface area contributed by atoms with Crippen molar-refractivity contribution >= 4 is 5.91 Å². The predicted octanol–water partition coefficient (Wildman–Crippen LogP) is 1.50. The van der Waals surface area contributed by atoms with Crippen LogP contribution in [0.15, 0.2) is 0 Å². The van der Waals surface area contributed by atoms with Gasteiger partial charge in [0.05, 0.1) is 51.0 Å². The number of amides is 1. The average Bonchev–Trinajstić information content (AvgIpc) is 3.50. The van der Waals surface area contributed by atoms with Crippen molar-refractivity contribution in [2.45, 2.75) is 123 Å². The lowest BCUT2D eigenvalue weighted by atomic mass is 9.43. The van der Waals surface area contributed by atoms with E-state index in [2.05, 4.69) is 33.0 Å². The second-order valence-electron chi connectivity index (χ2n) is 15.3. The van der Waals surface area contributed by atoms with Crippen LogP contribution < -0.4 is 29.3 Å². The fourth-order valence-electron chi connectivity index (χ4n) is 11.3. The van der Waals surface area contributed by atoms with Gasteiger partial charge in [-0.3, -0.25) is 4.79 Å². The van der Waals surface area contributed by atoms with Crippen LogP contribution in [0.3, 0.4) is 0 Å². The van der Waals surface area contributed by atoms with E-state index in [1.807, 2.05) is 0 Å². The van der Waals surface area contributed by atoms with Gasteiger partial charge in [0.15, 0.2) is 0 Å². The molecular weight excluding hydrogens is 615 g/mol. The number of carbonyl (C=O) groups is 1. The van der Waals surface area contributed by atoms with Crippen LogP contribution in [0.5, 0.6) is 0 Å². The number of hydrogen-bond acceptors (Lipinski definition) is 4. The molecule has 5 aliphatic rings. The van der Waals surface area contributed by atoms with Crippen LogP contribution in [0.2, 0.25) is 0 Å². The molecule has 7 heteroatoms. The van der Waals surface area contributed by atoms with Crippen molar-refractivity contribution in [1.29, 1.82) is 0 Å². The Morgan fingerprint density at radius 3 is 2.42 bits per heavy atom. The highest BCUT2D eigenvalue weighted by atomic mass is 127. The third-order valence-corrected chi connectivity index (χ3v) is 13.5. The molecule has 4 saturated carbocycles. The molecule has 4 N–H and O–H groups in total. The summed E-state index contributed by atoms with van der Waals surface area (Å²) in [7, 11) is 0. The average molecular weight is 675 g/mol. The molecule has 1 saturated heterocycles. The van der Waals surface area contributed by atoms with E-state index in [0.29, 0.717) is 36.0 Å². The van der Waals surface area contributed by atoms with Gasteiger partial charge in [-0.1, -0.05) is 27.7 Å². The van der Waals surface area contributed by atoms with Gasteiger partial charge < -0.3 is 49.1 Å². The van der Waals surface area contributed by atoms with Gasteiger partial charge in [0, 0.05) is 19.3 Å². The SMILES string of the molecule is CCC[N+]1(CCNC(=O)CC[C@@H](C)[C@H]2CCC3C4C(C[C@H](O)[C@@]32C)[C@@]2(C)CC[C@@H](O)CC2C[C@H]4O)CCCC1.[I-]. The largest absolute Gasteiger partial charge is 1.00 e. The number of nitrogens with one attached hydrogen (secondary N) is 1. The van der Waals surface area contributed by atoms with Gasteiger partial charge in [-0.15, -0.1) is 0 Å². The molecular formula is C33H59IN2O4. The first-order chi connectivity index (χ1) is 18.5. The number of rotatable bonds is 9. The lowest BCUT2D eigenvalue weighted by molar-refractivity contribution is -0.915. The highest BCUT2D eigenvalue weighted by Crippen LogP contribution is 2.68. The highest BCUT2D eigenvalue weighted by Gasteiger charge is 2.65. The summed E-state index contributed by atoms with van der Waals surface area (Å²) in [5, 5.41) is 36.9. The van der Waals surface area contributed by atoms with Crippen LogP contribution >= 0.6 is 0 Å². The van der Waals surface area contributed by atoms with Crippen LogP contribution in [0.4, 0.5) is 0 Å². The number of likely N-dealkylation sites (tertiary alicyclic amines) is 1. The molecule has 0 radical (unpaired) electrons. The molecule has 0 bridgehead atoms. The second kappa shape index (κ2) is 13.0. The maximum Gasteiger partial charge on any atom is 0.220 e. The smallest absolute Gasteiger partial charge is 0.220 e. The topological polar surface area (TPSA) is 89.8 Å². The van der Waals surface area contributed by atoms with Gasteiger partial charge in [0.1, 0.15) is 0 Å². The Kier molecular flexibility index (Phi) is 10.7. The minimum Gasteiger partial charge on any atom is -1.00 e. The summed E-state index contributed by atoms with van der Waals surface area (Å²) < 4.78 is 1.18. The quantitative estimate of drug-likeness (QED) is 0.221. The summed E-state index contributed by atoms with van der Waals surface area (Å²) >= 11 is 0. The van der Waals surface area contributed by atoms with E-state index < -0.39 is 0 Å². The van der Waals surface area contributed by atoms with Crippen LogP contribution in [-0.2, 0) is 4.79 Å². The number of aliphatic hydroxyl groups excluding tert-OH is 3. The normalized spacial score (nSPS) is 44.6. The monoisotopic (exact) mass is 674 g/mol. The first-order valence-electron chi connectivity index (χ1n) is 16.7. The molecule has 5 fully saturated rings. The van der Waals surface area contributed by atoms with Crippen molar-refractivity contribution < 1.29 is 48.6 Å². The van der Waals surface area contributed by atoms with Crippen molar-refractivity contribution in [1.82, 2.24) is 5.32 Å². The van der Waals surface area contributed by atoms with Gasteiger partial charge in [0.25, 0.3) is 0 Å².